The highest BCUT2D eigenvalue weighted by atomic mass is 32.1. The van der Waals surface area contributed by atoms with E-state index in [1.807, 2.05) is 0 Å². The lowest BCUT2D eigenvalue weighted by atomic mass is 10.5. The zero-order valence-electron chi connectivity index (χ0n) is 3.29. The van der Waals surface area contributed by atoms with Gasteiger partial charge in [-0.25, -0.2) is 5.11 Å². The Morgan fingerprint density at radius 1 is 1.83 bits per heavy atom. The van der Waals surface area contributed by atoms with E-state index in [9.17, 15) is 5.11 Å². The molecule has 1 radical (unpaired) electrons. The highest BCUT2D eigenvalue weighted by Crippen LogP contribution is 1.87. The molecular formula is C3H7O2S. The van der Waals surface area contributed by atoms with Crippen LogP contribution in [0.4, 0.5) is 0 Å². The molecule has 0 aliphatic carbocycles. The number of hydrogen-bond donors (Lipinski definition) is 2. The third-order valence-corrected chi connectivity index (χ3v) is 0.716. The van der Waals surface area contributed by atoms with Crippen molar-refractivity contribution >= 4 is 12.6 Å². The molecule has 37 valence electrons. The van der Waals surface area contributed by atoms with E-state index in [0.29, 0.717) is 0 Å². The first-order chi connectivity index (χ1) is 2.81. The van der Waals surface area contributed by atoms with Crippen LogP contribution in [0.15, 0.2) is 0 Å². The van der Waals surface area contributed by atoms with E-state index in [0.717, 1.165) is 0 Å². The van der Waals surface area contributed by atoms with E-state index in [1.54, 1.807) is 0 Å². The summed E-state index contributed by atoms with van der Waals surface area (Å²) >= 11 is 3.67. The number of thiol groups is 1. The van der Waals surface area contributed by atoms with E-state index < -0.39 is 0 Å². The molecule has 2 nitrogen and oxygen atoms in total. The predicted molar refractivity (Wildman–Crippen MR) is 25.4 cm³/mol. The van der Waals surface area contributed by atoms with Gasteiger partial charge in [0.25, 0.3) is 0 Å². The van der Waals surface area contributed by atoms with Crippen LogP contribution in [0.3, 0.4) is 0 Å². The summed E-state index contributed by atoms with van der Waals surface area (Å²) in [6, 6.07) is 0. The van der Waals surface area contributed by atoms with Crippen molar-refractivity contribution in [2.24, 2.45) is 0 Å². The van der Waals surface area contributed by atoms with Crippen LogP contribution >= 0.6 is 12.6 Å². The minimum atomic E-state index is -0.370. The maximum Gasteiger partial charge on any atom is 0.0960 e. The van der Waals surface area contributed by atoms with Gasteiger partial charge in [-0.3, -0.25) is 0 Å². The number of rotatable bonds is 2. The lowest BCUT2D eigenvalue weighted by molar-refractivity contribution is 0.166. The summed E-state index contributed by atoms with van der Waals surface area (Å²) in [5.41, 5.74) is 0. The topological polar surface area (TPSA) is 40.1 Å². The molecule has 0 saturated carbocycles. The standard InChI is InChI=1S/C3H7O2S/c4-1-3(6)2-5/h3-4,6H,1-2H2. The van der Waals surface area contributed by atoms with E-state index >= 15 is 0 Å². The first-order valence-electron chi connectivity index (χ1n) is 1.68. The summed E-state index contributed by atoms with van der Waals surface area (Å²) in [5.74, 6) is 0. The van der Waals surface area contributed by atoms with Crippen molar-refractivity contribution in [2.75, 3.05) is 13.2 Å². The molecule has 6 heavy (non-hydrogen) atoms. The first kappa shape index (κ1) is 6.27. The van der Waals surface area contributed by atoms with Crippen molar-refractivity contribution in [1.29, 1.82) is 0 Å². The van der Waals surface area contributed by atoms with Crippen LogP contribution in [0, 0.1) is 0 Å². The van der Waals surface area contributed by atoms with Crippen LogP contribution in [0.2, 0.25) is 0 Å². The Balaban J connectivity index is 2.75. The van der Waals surface area contributed by atoms with Gasteiger partial charge in [0.15, 0.2) is 0 Å². The Hall–Kier alpha value is 0.270. The average Bonchev–Trinajstić information content (AvgIpc) is 1.65. The average molecular weight is 107 g/mol. The lowest BCUT2D eigenvalue weighted by Gasteiger charge is -1.94. The molecule has 1 unspecified atom stereocenters. The van der Waals surface area contributed by atoms with Crippen molar-refractivity contribution < 1.29 is 10.2 Å². The molecule has 0 aliphatic rings. The molecule has 0 heterocycles. The molecule has 3 heteroatoms. The molecule has 0 fully saturated rings. The first-order valence-corrected chi connectivity index (χ1v) is 2.20. The molecule has 0 saturated heterocycles. The van der Waals surface area contributed by atoms with E-state index in [4.69, 9.17) is 5.11 Å². The Morgan fingerprint density at radius 3 is 2.33 bits per heavy atom. The largest absolute Gasteiger partial charge is 0.395 e. The zero-order chi connectivity index (χ0) is 4.99. The van der Waals surface area contributed by atoms with E-state index in [1.165, 1.54) is 0 Å². The van der Waals surface area contributed by atoms with Crippen LogP contribution < -0.4 is 0 Å². The van der Waals surface area contributed by atoms with Gasteiger partial charge >= 0.3 is 0 Å². The fraction of sp³-hybridized carbons (Fsp3) is 1.00. The van der Waals surface area contributed by atoms with Gasteiger partial charge in [0.05, 0.1) is 18.5 Å². The minimum Gasteiger partial charge on any atom is -0.395 e. The smallest absolute Gasteiger partial charge is 0.0960 e. The minimum absolute atomic E-state index is 0.118. The molecule has 0 bridgehead atoms. The SMILES string of the molecule is [O]CC(S)CO. The van der Waals surface area contributed by atoms with E-state index in [2.05, 4.69) is 12.6 Å². The second-order valence-electron chi connectivity index (χ2n) is 1.00. The number of hydrogen-bond acceptors (Lipinski definition) is 2. The van der Waals surface area contributed by atoms with Crippen molar-refractivity contribution in [3.8, 4) is 0 Å². The van der Waals surface area contributed by atoms with Gasteiger partial charge in [0.2, 0.25) is 0 Å². The quantitative estimate of drug-likeness (QED) is 0.468. The molecule has 0 spiro atoms. The summed E-state index contributed by atoms with van der Waals surface area (Å²) in [7, 11) is 0. The van der Waals surface area contributed by atoms with E-state index in [-0.39, 0.29) is 18.5 Å². The Labute approximate surface area is 42.2 Å². The summed E-state index contributed by atoms with van der Waals surface area (Å²) in [5, 5.41) is 17.3. The van der Waals surface area contributed by atoms with Gasteiger partial charge in [-0.15, -0.1) is 0 Å². The van der Waals surface area contributed by atoms with Crippen LogP contribution in [-0.2, 0) is 5.11 Å². The molecule has 1 N–H and O–H groups in total. The second-order valence-corrected chi connectivity index (χ2v) is 1.73. The molecule has 0 aromatic carbocycles. The predicted octanol–water partition coefficient (Wildman–Crippen LogP) is -0.292. The van der Waals surface area contributed by atoms with Crippen molar-refractivity contribution in [3.05, 3.63) is 0 Å². The van der Waals surface area contributed by atoms with Gasteiger partial charge in [-0.05, 0) is 0 Å². The van der Waals surface area contributed by atoms with Gasteiger partial charge in [0.1, 0.15) is 0 Å². The molecular weight excluding hydrogens is 100 g/mol. The van der Waals surface area contributed by atoms with Gasteiger partial charge in [0, 0.05) is 0 Å². The summed E-state index contributed by atoms with van der Waals surface area (Å²) < 4.78 is 0. The summed E-state index contributed by atoms with van der Waals surface area (Å²) in [6.45, 7) is -0.424. The molecule has 0 rings (SSSR count). The monoisotopic (exact) mass is 107 g/mol. The second kappa shape index (κ2) is 3.46. The van der Waals surface area contributed by atoms with Gasteiger partial charge in [-0.2, -0.15) is 12.6 Å². The van der Waals surface area contributed by atoms with Crippen molar-refractivity contribution in [2.45, 2.75) is 5.25 Å². The zero-order valence-corrected chi connectivity index (χ0v) is 4.19. The highest BCUT2D eigenvalue weighted by Gasteiger charge is 1.94. The van der Waals surface area contributed by atoms with Crippen LogP contribution in [-0.4, -0.2) is 23.6 Å². The van der Waals surface area contributed by atoms with Gasteiger partial charge < -0.3 is 5.11 Å². The van der Waals surface area contributed by atoms with Crippen molar-refractivity contribution in [3.63, 3.8) is 0 Å². The lowest BCUT2D eigenvalue weighted by Crippen LogP contribution is -2.07. The maximum absolute atomic E-state index is 9.62. The molecule has 0 amide bonds. The van der Waals surface area contributed by atoms with Gasteiger partial charge in [-0.1, -0.05) is 0 Å². The highest BCUT2D eigenvalue weighted by molar-refractivity contribution is 7.81. The van der Waals surface area contributed by atoms with Crippen LogP contribution in [0.5, 0.6) is 0 Å². The Bertz CT molecular complexity index is 28.0. The fourth-order valence-corrected chi connectivity index (χ4v) is 0.0527. The fourth-order valence-electron chi connectivity index (χ4n) is 0.0527. The number of aliphatic hydroxyl groups excluding tert-OH is 1. The van der Waals surface area contributed by atoms with Crippen LogP contribution in [0.1, 0.15) is 0 Å². The summed E-state index contributed by atoms with van der Waals surface area (Å²) in [6.07, 6.45) is 0. The van der Waals surface area contributed by atoms with Crippen molar-refractivity contribution in [1.82, 2.24) is 0 Å². The van der Waals surface area contributed by atoms with Crippen LogP contribution in [0.25, 0.3) is 0 Å². The molecule has 1 atom stereocenters. The third-order valence-electron chi connectivity index (χ3n) is 0.403. The molecule has 0 aliphatic heterocycles. The Kier molecular flexibility index (Phi) is 3.62. The number of aliphatic hydroxyl groups is 1. The third kappa shape index (κ3) is 2.50. The Morgan fingerprint density at radius 2 is 2.33 bits per heavy atom. The normalized spacial score (nSPS) is 10.0. The maximum atomic E-state index is 9.62. The summed E-state index contributed by atoms with van der Waals surface area (Å²) in [4.78, 5) is 0. The molecule has 0 aromatic rings. The molecule has 0 aromatic heterocycles.